The van der Waals surface area contributed by atoms with E-state index in [0.717, 1.165) is 17.7 Å². The van der Waals surface area contributed by atoms with Crippen LogP contribution >= 0.6 is 11.6 Å². The highest BCUT2D eigenvalue weighted by molar-refractivity contribution is 6.30. The largest absolute Gasteiger partial charge is 0.496 e. The number of benzene rings is 2. The van der Waals surface area contributed by atoms with Crippen LogP contribution in [0.25, 0.3) is 0 Å². The number of methoxy groups -OCH3 is 1. The number of para-hydroxylation sites is 1. The van der Waals surface area contributed by atoms with Gasteiger partial charge in [0.15, 0.2) is 0 Å². The van der Waals surface area contributed by atoms with Gasteiger partial charge < -0.3 is 10.1 Å². The van der Waals surface area contributed by atoms with E-state index in [1.807, 2.05) is 0 Å². The van der Waals surface area contributed by atoms with Gasteiger partial charge in [0.05, 0.1) is 13.2 Å². The van der Waals surface area contributed by atoms with Gasteiger partial charge >= 0.3 is 0 Å². The lowest BCUT2D eigenvalue weighted by atomic mass is 10.1. The van der Waals surface area contributed by atoms with Crippen LogP contribution in [0, 0.1) is 11.6 Å². The van der Waals surface area contributed by atoms with Gasteiger partial charge in [-0.2, -0.15) is 0 Å². The minimum Gasteiger partial charge on any atom is -0.496 e. The first-order chi connectivity index (χ1) is 11.8. The Morgan fingerprint density at radius 1 is 1.28 bits per heavy atom. The molecule has 2 aromatic rings. The van der Waals surface area contributed by atoms with Gasteiger partial charge in [-0.25, -0.2) is 8.78 Å². The Kier molecular flexibility index (Phi) is 6.33. The van der Waals surface area contributed by atoms with Crippen molar-refractivity contribution in [2.24, 2.45) is 0 Å². The zero-order chi connectivity index (χ0) is 18.6. The number of hydrogen-bond acceptors (Lipinski definition) is 3. The maximum absolute atomic E-state index is 13.7. The Labute approximate surface area is 150 Å². The molecule has 0 aliphatic heterocycles. The Morgan fingerprint density at radius 2 is 1.92 bits per heavy atom. The van der Waals surface area contributed by atoms with Crippen LogP contribution in [-0.4, -0.2) is 31.0 Å². The third-order valence-electron chi connectivity index (χ3n) is 3.91. The number of hydrogen-bond donors (Lipinski definition) is 1. The van der Waals surface area contributed by atoms with E-state index in [1.165, 1.54) is 6.07 Å². The van der Waals surface area contributed by atoms with E-state index in [2.05, 4.69) is 5.32 Å². The third-order valence-corrected chi connectivity index (χ3v) is 4.15. The number of anilines is 1. The molecule has 2 rings (SSSR count). The molecule has 7 heteroatoms. The lowest BCUT2D eigenvalue weighted by Gasteiger charge is -2.25. The Hall–Kier alpha value is -2.18. The van der Waals surface area contributed by atoms with Crippen LogP contribution in [-0.2, 0) is 11.3 Å². The maximum atomic E-state index is 13.7. The molecule has 0 aliphatic carbocycles. The van der Waals surface area contributed by atoms with Gasteiger partial charge in [-0.05, 0) is 44.3 Å². The van der Waals surface area contributed by atoms with Crippen molar-refractivity contribution in [2.75, 3.05) is 19.5 Å². The fraction of sp³-hybridized carbons (Fsp3) is 0.278. The molecule has 0 aliphatic rings. The van der Waals surface area contributed by atoms with Crippen LogP contribution in [0.3, 0.4) is 0 Å². The Morgan fingerprint density at radius 3 is 2.52 bits per heavy atom. The summed E-state index contributed by atoms with van der Waals surface area (Å²) in [6.45, 7) is 2.02. The van der Waals surface area contributed by atoms with Gasteiger partial charge in [0.2, 0.25) is 5.91 Å². The number of nitrogens with one attached hydrogen (secondary N) is 1. The molecule has 0 unspecified atom stereocenters. The molecule has 0 radical (unpaired) electrons. The van der Waals surface area contributed by atoms with Crippen molar-refractivity contribution in [2.45, 2.75) is 19.5 Å². The molecule has 2 aromatic carbocycles. The van der Waals surface area contributed by atoms with Crippen LogP contribution in [0.2, 0.25) is 5.02 Å². The molecule has 4 nitrogen and oxygen atoms in total. The number of rotatable bonds is 6. The van der Waals surface area contributed by atoms with E-state index in [1.54, 1.807) is 44.2 Å². The van der Waals surface area contributed by atoms with Crippen LogP contribution in [0.4, 0.5) is 14.5 Å². The monoisotopic (exact) mass is 368 g/mol. The van der Waals surface area contributed by atoms with Crippen molar-refractivity contribution in [3.8, 4) is 5.75 Å². The summed E-state index contributed by atoms with van der Waals surface area (Å²) in [4.78, 5) is 14.1. The quantitative estimate of drug-likeness (QED) is 0.835. The van der Waals surface area contributed by atoms with Crippen LogP contribution in [0.15, 0.2) is 36.4 Å². The summed E-state index contributed by atoms with van der Waals surface area (Å²) >= 11 is 6.00. The Balaban J connectivity index is 2.10. The average molecular weight is 369 g/mol. The second-order valence-electron chi connectivity index (χ2n) is 5.63. The predicted octanol–water partition coefficient (Wildman–Crippen LogP) is 4.09. The zero-order valence-electron chi connectivity index (χ0n) is 14.1. The van der Waals surface area contributed by atoms with E-state index in [4.69, 9.17) is 16.3 Å². The predicted molar refractivity (Wildman–Crippen MR) is 93.9 cm³/mol. The smallest absolute Gasteiger partial charge is 0.241 e. The summed E-state index contributed by atoms with van der Waals surface area (Å²) in [5, 5.41) is 2.85. The van der Waals surface area contributed by atoms with Crippen molar-refractivity contribution in [3.63, 3.8) is 0 Å². The van der Waals surface area contributed by atoms with Crippen molar-refractivity contribution in [1.29, 1.82) is 0 Å². The second-order valence-corrected chi connectivity index (χ2v) is 6.07. The highest BCUT2D eigenvalue weighted by atomic mass is 35.5. The molecule has 1 amide bonds. The summed E-state index contributed by atoms with van der Waals surface area (Å²) in [5.74, 6) is -1.52. The molecular formula is C18H19ClF2N2O2. The van der Waals surface area contributed by atoms with Crippen molar-refractivity contribution in [3.05, 3.63) is 58.6 Å². The average Bonchev–Trinajstić information content (AvgIpc) is 2.57. The lowest BCUT2D eigenvalue weighted by molar-refractivity contribution is -0.120. The highest BCUT2D eigenvalue weighted by Crippen LogP contribution is 2.24. The molecule has 0 saturated carbocycles. The van der Waals surface area contributed by atoms with Crippen molar-refractivity contribution < 1.29 is 18.3 Å². The number of carbonyl (C=O) groups is 1. The fourth-order valence-corrected chi connectivity index (χ4v) is 2.52. The minimum absolute atomic E-state index is 0.373. The van der Waals surface area contributed by atoms with E-state index in [0.29, 0.717) is 17.3 Å². The normalized spacial score (nSPS) is 12.1. The minimum atomic E-state index is -0.820. The summed E-state index contributed by atoms with van der Waals surface area (Å²) in [5.41, 5.74) is 0.349. The molecule has 1 N–H and O–H groups in total. The van der Waals surface area contributed by atoms with Gasteiger partial charge in [0, 0.05) is 17.1 Å². The molecular weight excluding hydrogens is 350 g/mol. The number of halogens is 3. The topological polar surface area (TPSA) is 41.6 Å². The number of likely N-dealkylation sites (N-methyl/N-ethyl adjacent to an activating group) is 1. The summed E-state index contributed by atoms with van der Waals surface area (Å²) in [6.07, 6.45) is 0. The number of nitrogens with zero attached hydrogens (tertiary/aromatic N) is 1. The number of carbonyl (C=O) groups excluding carboxylic acids is 1. The molecule has 0 saturated heterocycles. The summed E-state index contributed by atoms with van der Waals surface area (Å²) in [6, 6.07) is 7.97. The molecule has 0 heterocycles. The first-order valence-electron chi connectivity index (χ1n) is 7.61. The van der Waals surface area contributed by atoms with E-state index >= 15 is 0 Å². The van der Waals surface area contributed by atoms with Crippen molar-refractivity contribution >= 4 is 23.2 Å². The maximum Gasteiger partial charge on any atom is 0.241 e. The second kappa shape index (κ2) is 8.27. The van der Waals surface area contributed by atoms with E-state index in [-0.39, 0.29) is 0 Å². The van der Waals surface area contributed by atoms with Gasteiger partial charge in [0.1, 0.15) is 23.1 Å². The molecule has 0 bridgehead atoms. The fourth-order valence-electron chi connectivity index (χ4n) is 2.32. The number of ether oxygens (including phenoxy) is 1. The van der Waals surface area contributed by atoms with Gasteiger partial charge in [-0.3, -0.25) is 9.69 Å². The summed E-state index contributed by atoms with van der Waals surface area (Å²) < 4.78 is 32.6. The first-order valence-corrected chi connectivity index (χ1v) is 7.98. The van der Waals surface area contributed by atoms with Gasteiger partial charge in [-0.1, -0.05) is 17.7 Å². The van der Waals surface area contributed by atoms with E-state index < -0.39 is 29.3 Å². The lowest BCUT2D eigenvalue weighted by Crippen LogP contribution is -2.39. The van der Waals surface area contributed by atoms with Gasteiger partial charge in [-0.15, -0.1) is 0 Å². The third kappa shape index (κ3) is 4.67. The van der Waals surface area contributed by atoms with Crippen molar-refractivity contribution in [1.82, 2.24) is 4.90 Å². The molecule has 25 heavy (non-hydrogen) atoms. The standard InChI is InChI=1S/C18H19ClF2N2O2/c1-11(18(24)22-17-14(20)5-4-6-15(17)21)23(2)10-12-9-13(19)7-8-16(12)25-3/h4-9,11H,10H2,1-3H3,(H,22,24)/t11-/m1/s1. The van der Waals surface area contributed by atoms with Crippen LogP contribution < -0.4 is 10.1 Å². The number of amides is 1. The SMILES string of the molecule is COc1ccc(Cl)cc1CN(C)[C@H](C)C(=O)Nc1c(F)cccc1F. The molecule has 1 atom stereocenters. The molecule has 0 spiro atoms. The van der Waals surface area contributed by atoms with Gasteiger partial charge in [0.25, 0.3) is 0 Å². The zero-order valence-corrected chi connectivity index (χ0v) is 14.9. The highest BCUT2D eigenvalue weighted by Gasteiger charge is 2.22. The molecule has 134 valence electrons. The van der Waals surface area contributed by atoms with Crippen LogP contribution in [0.1, 0.15) is 12.5 Å². The summed E-state index contributed by atoms with van der Waals surface area (Å²) in [7, 11) is 3.27. The molecule has 0 aromatic heterocycles. The Bertz CT molecular complexity index is 750. The first kappa shape index (κ1) is 19.1. The van der Waals surface area contributed by atoms with E-state index in [9.17, 15) is 13.6 Å². The molecule has 0 fully saturated rings. The van der Waals surface area contributed by atoms with Crippen LogP contribution in [0.5, 0.6) is 5.75 Å².